The van der Waals surface area contributed by atoms with E-state index < -0.39 is 11.6 Å². The smallest absolute Gasteiger partial charge is 0.190 e. The van der Waals surface area contributed by atoms with E-state index in [0.29, 0.717) is 24.5 Å². The van der Waals surface area contributed by atoms with E-state index in [1.165, 1.54) is 18.9 Å². The zero-order valence-corrected chi connectivity index (χ0v) is 13.8. The monoisotopic (exact) mass is 395 g/mol. The molecule has 0 amide bonds. The summed E-state index contributed by atoms with van der Waals surface area (Å²) in [5.41, 5.74) is 0.380. The number of aliphatic imine (C=N–C) groups is 1. The van der Waals surface area contributed by atoms with Crippen LogP contribution >= 0.6 is 24.0 Å². The maximum absolute atomic E-state index is 13.4. The summed E-state index contributed by atoms with van der Waals surface area (Å²) < 4.78 is 26.4. The fraction of sp³-hybridized carbons (Fsp3) is 0.500. The van der Waals surface area contributed by atoms with Crippen molar-refractivity contribution in [2.24, 2.45) is 10.9 Å². The Bertz CT molecular complexity index is 462. The lowest BCUT2D eigenvalue weighted by Gasteiger charge is -2.11. The molecule has 0 aromatic heterocycles. The summed E-state index contributed by atoms with van der Waals surface area (Å²) in [5, 5.41) is 6.31. The molecule has 0 unspecified atom stereocenters. The summed E-state index contributed by atoms with van der Waals surface area (Å²) in [6, 6.07) is 4.25. The Kier molecular flexibility index (Phi) is 7.18. The maximum Gasteiger partial charge on any atom is 0.190 e. The molecule has 6 heteroatoms. The second kappa shape index (κ2) is 8.39. The van der Waals surface area contributed by atoms with Crippen LogP contribution in [0.25, 0.3) is 0 Å². The van der Waals surface area contributed by atoms with Gasteiger partial charge in [0.15, 0.2) is 17.6 Å². The average molecular weight is 395 g/mol. The standard InChI is InChI=1S/C14H19F2N3.HI/c1-17-14(19-9-10-5-6-10)18-8-7-11-3-2-4-12(15)13(11)16;/h2-4,10H,5-9H2,1H3,(H2,17,18,19);1H. The highest BCUT2D eigenvalue weighted by Gasteiger charge is 2.20. The zero-order chi connectivity index (χ0) is 13.7. The SMILES string of the molecule is CN=C(NCCc1cccc(F)c1F)NCC1CC1.I. The number of hydrogen-bond donors (Lipinski definition) is 2. The molecule has 2 N–H and O–H groups in total. The first-order valence-corrected chi connectivity index (χ1v) is 6.58. The summed E-state index contributed by atoms with van der Waals surface area (Å²) in [4.78, 5) is 4.09. The number of guanidine groups is 1. The van der Waals surface area contributed by atoms with Gasteiger partial charge in [-0.1, -0.05) is 12.1 Å². The highest BCUT2D eigenvalue weighted by atomic mass is 127. The van der Waals surface area contributed by atoms with Crippen molar-refractivity contribution in [3.63, 3.8) is 0 Å². The van der Waals surface area contributed by atoms with Gasteiger partial charge < -0.3 is 10.6 Å². The fourth-order valence-electron chi connectivity index (χ4n) is 1.84. The summed E-state index contributed by atoms with van der Waals surface area (Å²) in [7, 11) is 1.70. The molecule has 1 aliphatic rings. The summed E-state index contributed by atoms with van der Waals surface area (Å²) in [5.74, 6) is -0.0816. The van der Waals surface area contributed by atoms with Gasteiger partial charge in [-0.2, -0.15) is 0 Å². The van der Waals surface area contributed by atoms with Crippen LogP contribution in [0.1, 0.15) is 18.4 Å². The molecule has 0 heterocycles. The zero-order valence-electron chi connectivity index (χ0n) is 11.5. The highest BCUT2D eigenvalue weighted by Crippen LogP contribution is 2.27. The third kappa shape index (κ3) is 5.22. The second-order valence-electron chi connectivity index (χ2n) is 4.79. The van der Waals surface area contributed by atoms with E-state index in [4.69, 9.17) is 0 Å². The second-order valence-corrected chi connectivity index (χ2v) is 4.79. The van der Waals surface area contributed by atoms with Gasteiger partial charge >= 0.3 is 0 Å². The number of benzene rings is 1. The topological polar surface area (TPSA) is 36.4 Å². The Morgan fingerprint density at radius 2 is 2.05 bits per heavy atom. The van der Waals surface area contributed by atoms with Crippen LogP contribution in [-0.2, 0) is 6.42 Å². The van der Waals surface area contributed by atoms with Crippen LogP contribution in [0.5, 0.6) is 0 Å². The molecule has 1 aliphatic carbocycles. The summed E-state index contributed by atoms with van der Waals surface area (Å²) in [6.07, 6.45) is 2.98. The normalized spacial score (nSPS) is 14.7. The van der Waals surface area contributed by atoms with Crippen LogP contribution in [0, 0.1) is 17.6 Å². The van der Waals surface area contributed by atoms with Crippen molar-refractivity contribution in [1.82, 2.24) is 10.6 Å². The van der Waals surface area contributed by atoms with E-state index in [2.05, 4.69) is 15.6 Å². The molecule has 2 rings (SSSR count). The van der Waals surface area contributed by atoms with Crippen molar-refractivity contribution in [1.29, 1.82) is 0 Å². The Balaban J connectivity index is 0.00000200. The van der Waals surface area contributed by atoms with E-state index in [9.17, 15) is 8.78 Å². The quantitative estimate of drug-likeness (QED) is 0.457. The molecule has 0 saturated heterocycles. The van der Waals surface area contributed by atoms with Crippen molar-refractivity contribution in [2.45, 2.75) is 19.3 Å². The van der Waals surface area contributed by atoms with Gasteiger partial charge in [0.05, 0.1) is 0 Å². The third-order valence-corrected chi connectivity index (χ3v) is 3.20. The lowest BCUT2D eigenvalue weighted by Crippen LogP contribution is -2.39. The van der Waals surface area contributed by atoms with Gasteiger partial charge in [-0.15, -0.1) is 24.0 Å². The van der Waals surface area contributed by atoms with Crippen LogP contribution in [-0.4, -0.2) is 26.1 Å². The molecular formula is C14H20F2IN3. The summed E-state index contributed by atoms with van der Waals surface area (Å²) >= 11 is 0. The van der Waals surface area contributed by atoms with Gasteiger partial charge in [-0.25, -0.2) is 8.78 Å². The number of nitrogens with one attached hydrogen (secondary N) is 2. The van der Waals surface area contributed by atoms with Crippen LogP contribution < -0.4 is 10.6 Å². The minimum Gasteiger partial charge on any atom is -0.356 e. The van der Waals surface area contributed by atoms with Crippen molar-refractivity contribution in [3.05, 3.63) is 35.4 Å². The maximum atomic E-state index is 13.4. The van der Waals surface area contributed by atoms with Crippen molar-refractivity contribution in [2.75, 3.05) is 20.1 Å². The third-order valence-electron chi connectivity index (χ3n) is 3.20. The first-order chi connectivity index (χ1) is 9.20. The van der Waals surface area contributed by atoms with Crippen molar-refractivity contribution < 1.29 is 8.78 Å². The molecule has 0 spiro atoms. The van der Waals surface area contributed by atoms with E-state index in [1.54, 1.807) is 13.1 Å². The Morgan fingerprint density at radius 3 is 2.70 bits per heavy atom. The van der Waals surface area contributed by atoms with Crippen LogP contribution in [0.3, 0.4) is 0 Å². The Morgan fingerprint density at radius 1 is 1.30 bits per heavy atom. The molecule has 1 fully saturated rings. The molecular weight excluding hydrogens is 375 g/mol. The lowest BCUT2D eigenvalue weighted by atomic mass is 10.1. The van der Waals surface area contributed by atoms with E-state index in [-0.39, 0.29) is 24.0 Å². The van der Waals surface area contributed by atoms with Gasteiger partial charge in [-0.05, 0) is 36.8 Å². The largest absolute Gasteiger partial charge is 0.356 e. The van der Waals surface area contributed by atoms with Gasteiger partial charge in [0.1, 0.15) is 0 Å². The fourth-order valence-corrected chi connectivity index (χ4v) is 1.84. The number of hydrogen-bond acceptors (Lipinski definition) is 1. The number of halogens is 3. The lowest BCUT2D eigenvalue weighted by molar-refractivity contribution is 0.498. The molecule has 112 valence electrons. The first-order valence-electron chi connectivity index (χ1n) is 6.58. The molecule has 0 atom stereocenters. The minimum atomic E-state index is -0.797. The number of nitrogens with zero attached hydrogens (tertiary/aromatic N) is 1. The first kappa shape index (κ1) is 17.1. The predicted octanol–water partition coefficient (Wildman–Crippen LogP) is 2.70. The Labute approximate surface area is 135 Å². The molecule has 1 aromatic carbocycles. The Hall–Kier alpha value is -0.920. The molecule has 3 nitrogen and oxygen atoms in total. The minimum absolute atomic E-state index is 0. The molecule has 1 aromatic rings. The summed E-state index contributed by atoms with van der Waals surface area (Å²) in [6.45, 7) is 1.44. The molecule has 20 heavy (non-hydrogen) atoms. The molecule has 1 saturated carbocycles. The molecule has 0 aliphatic heterocycles. The number of rotatable bonds is 5. The van der Waals surface area contributed by atoms with Gasteiger partial charge in [-0.3, -0.25) is 4.99 Å². The average Bonchev–Trinajstić information content (AvgIpc) is 3.22. The van der Waals surface area contributed by atoms with Crippen molar-refractivity contribution in [3.8, 4) is 0 Å². The van der Waals surface area contributed by atoms with Crippen LogP contribution in [0.15, 0.2) is 23.2 Å². The van der Waals surface area contributed by atoms with Crippen molar-refractivity contribution >= 4 is 29.9 Å². The van der Waals surface area contributed by atoms with Gasteiger partial charge in [0.2, 0.25) is 0 Å². The predicted molar refractivity (Wildman–Crippen MR) is 87.6 cm³/mol. The van der Waals surface area contributed by atoms with E-state index in [0.717, 1.165) is 18.5 Å². The van der Waals surface area contributed by atoms with Crippen LogP contribution in [0.2, 0.25) is 0 Å². The van der Waals surface area contributed by atoms with Gasteiger partial charge in [0, 0.05) is 20.1 Å². The van der Waals surface area contributed by atoms with E-state index >= 15 is 0 Å². The van der Waals surface area contributed by atoms with Gasteiger partial charge in [0.25, 0.3) is 0 Å². The van der Waals surface area contributed by atoms with Crippen LogP contribution in [0.4, 0.5) is 8.78 Å². The highest BCUT2D eigenvalue weighted by molar-refractivity contribution is 14.0. The molecule has 0 radical (unpaired) electrons. The van der Waals surface area contributed by atoms with E-state index in [1.807, 2.05) is 0 Å². The molecule has 0 bridgehead atoms.